The van der Waals surface area contributed by atoms with Gasteiger partial charge in [-0.25, -0.2) is 0 Å². The lowest BCUT2D eigenvalue weighted by molar-refractivity contribution is 0.0858. The van der Waals surface area contributed by atoms with Crippen molar-refractivity contribution >= 4 is 0 Å². The second-order valence-corrected chi connectivity index (χ2v) is 6.14. The molecule has 0 saturated carbocycles. The molecule has 0 bridgehead atoms. The third kappa shape index (κ3) is 5.23. The summed E-state index contributed by atoms with van der Waals surface area (Å²) in [4.78, 5) is 4.53. The molecule has 114 valence electrons. The van der Waals surface area contributed by atoms with E-state index in [1.807, 2.05) is 0 Å². The first-order valence-electron chi connectivity index (χ1n) is 7.48. The number of hydrogen-bond donors (Lipinski definition) is 1. The van der Waals surface area contributed by atoms with Crippen molar-refractivity contribution in [3.63, 3.8) is 0 Å². The number of likely N-dealkylation sites (N-methyl/N-ethyl adjacent to an activating group) is 2. The topological polar surface area (TPSA) is 26.7 Å². The number of aliphatic hydroxyl groups excluding tert-OH is 1. The predicted octanol–water partition coefficient (Wildman–Crippen LogP) is 2.61. The summed E-state index contributed by atoms with van der Waals surface area (Å²) in [5.74, 6) is 0. The molecule has 0 radical (unpaired) electrons. The molecule has 2 unspecified atom stereocenters. The number of rotatable bonds is 7. The highest BCUT2D eigenvalue weighted by Crippen LogP contribution is 2.19. The minimum atomic E-state index is -0.418. The minimum Gasteiger partial charge on any atom is -0.387 e. The first-order chi connectivity index (χ1) is 9.33. The SMILES string of the molecule is CCN(CC(O)c1cc(C)cc(C)c1)C(C)CN(C)C. The van der Waals surface area contributed by atoms with E-state index in [-0.39, 0.29) is 0 Å². The number of hydrogen-bond acceptors (Lipinski definition) is 3. The Hall–Kier alpha value is -0.900. The average molecular weight is 278 g/mol. The lowest BCUT2D eigenvalue weighted by atomic mass is 10.0. The molecule has 0 saturated heterocycles. The molecule has 2 atom stereocenters. The van der Waals surface area contributed by atoms with Gasteiger partial charge < -0.3 is 10.0 Å². The van der Waals surface area contributed by atoms with E-state index in [0.29, 0.717) is 12.6 Å². The molecular formula is C17H30N2O. The van der Waals surface area contributed by atoms with Gasteiger partial charge in [-0.3, -0.25) is 4.90 Å². The highest BCUT2D eigenvalue weighted by molar-refractivity contribution is 5.30. The van der Waals surface area contributed by atoms with Gasteiger partial charge >= 0.3 is 0 Å². The summed E-state index contributed by atoms with van der Waals surface area (Å²) >= 11 is 0. The molecule has 0 aliphatic rings. The summed E-state index contributed by atoms with van der Waals surface area (Å²) in [5.41, 5.74) is 3.45. The van der Waals surface area contributed by atoms with Crippen LogP contribution in [0.2, 0.25) is 0 Å². The van der Waals surface area contributed by atoms with Crippen molar-refractivity contribution < 1.29 is 5.11 Å². The van der Waals surface area contributed by atoms with Gasteiger partial charge in [-0.2, -0.15) is 0 Å². The van der Waals surface area contributed by atoms with Gasteiger partial charge in [0.15, 0.2) is 0 Å². The monoisotopic (exact) mass is 278 g/mol. The first kappa shape index (κ1) is 17.2. The molecule has 1 aromatic carbocycles. The molecule has 3 nitrogen and oxygen atoms in total. The van der Waals surface area contributed by atoms with Gasteiger partial charge in [0.05, 0.1) is 6.10 Å². The molecule has 0 spiro atoms. The van der Waals surface area contributed by atoms with Crippen LogP contribution in [0, 0.1) is 13.8 Å². The molecule has 0 aliphatic heterocycles. The van der Waals surface area contributed by atoms with Crippen LogP contribution in [-0.2, 0) is 0 Å². The smallest absolute Gasteiger partial charge is 0.0917 e. The van der Waals surface area contributed by atoms with Gasteiger partial charge in [0.1, 0.15) is 0 Å². The summed E-state index contributed by atoms with van der Waals surface area (Å²) in [6, 6.07) is 6.75. The van der Waals surface area contributed by atoms with E-state index >= 15 is 0 Å². The van der Waals surface area contributed by atoms with Crippen LogP contribution in [0.15, 0.2) is 18.2 Å². The Morgan fingerprint density at radius 1 is 1.05 bits per heavy atom. The van der Waals surface area contributed by atoms with Crippen molar-refractivity contribution in [3.05, 3.63) is 34.9 Å². The Kier molecular flexibility index (Phi) is 6.66. The van der Waals surface area contributed by atoms with Gasteiger partial charge in [-0.05, 0) is 47.0 Å². The van der Waals surface area contributed by atoms with Crippen LogP contribution >= 0.6 is 0 Å². The Balaban J connectivity index is 2.73. The van der Waals surface area contributed by atoms with Gasteiger partial charge in [-0.15, -0.1) is 0 Å². The zero-order valence-corrected chi connectivity index (χ0v) is 13.8. The lowest BCUT2D eigenvalue weighted by Crippen LogP contribution is -2.42. The van der Waals surface area contributed by atoms with Crippen LogP contribution in [0.1, 0.15) is 36.6 Å². The molecule has 3 heteroatoms. The van der Waals surface area contributed by atoms with E-state index < -0.39 is 6.10 Å². The zero-order valence-electron chi connectivity index (χ0n) is 13.8. The van der Waals surface area contributed by atoms with Crippen molar-refractivity contribution in [2.24, 2.45) is 0 Å². The molecule has 20 heavy (non-hydrogen) atoms. The lowest BCUT2D eigenvalue weighted by Gasteiger charge is -2.31. The third-order valence-corrected chi connectivity index (χ3v) is 3.70. The zero-order chi connectivity index (χ0) is 15.3. The Bertz CT molecular complexity index is 397. The normalized spacial score (nSPS) is 14.8. The maximum Gasteiger partial charge on any atom is 0.0917 e. The first-order valence-corrected chi connectivity index (χ1v) is 7.48. The van der Waals surface area contributed by atoms with Crippen LogP contribution < -0.4 is 0 Å². The quantitative estimate of drug-likeness (QED) is 0.830. The average Bonchev–Trinajstić information content (AvgIpc) is 2.33. The predicted molar refractivity (Wildman–Crippen MR) is 86.1 cm³/mol. The van der Waals surface area contributed by atoms with Crippen molar-refractivity contribution in [2.45, 2.75) is 39.8 Å². The summed E-state index contributed by atoms with van der Waals surface area (Å²) < 4.78 is 0. The fourth-order valence-electron chi connectivity index (χ4n) is 2.79. The summed E-state index contributed by atoms with van der Waals surface area (Å²) in [6.45, 7) is 11.2. The summed E-state index contributed by atoms with van der Waals surface area (Å²) in [6.07, 6.45) is -0.418. The summed E-state index contributed by atoms with van der Waals surface area (Å²) in [5, 5.41) is 10.5. The van der Waals surface area contributed by atoms with Crippen molar-refractivity contribution in [1.82, 2.24) is 9.80 Å². The standard InChI is InChI=1S/C17H30N2O/c1-7-19(15(4)11-18(5)6)12-17(20)16-9-13(2)8-14(3)10-16/h8-10,15,17,20H,7,11-12H2,1-6H3. The van der Waals surface area contributed by atoms with Crippen LogP contribution in [0.5, 0.6) is 0 Å². The Morgan fingerprint density at radius 2 is 1.60 bits per heavy atom. The second-order valence-electron chi connectivity index (χ2n) is 6.14. The van der Waals surface area contributed by atoms with Gasteiger partial charge in [0.2, 0.25) is 0 Å². The van der Waals surface area contributed by atoms with Gasteiger partial charge in [-0.1, -0.05) is 36.2 Å². The number of benzene rings is 1. The highest BCUT2D eigenvalue weighted by atomic mass is 16.3. The van der Waals surface area contributed by atoms with Crippen molar-refractivity contribution in [3.8, 4) is 0 Å². The number of aryl methyl sites for hydroxylation is 2. The molecule has 1 aromatic rings. The largest absolute Gasteiger partial charge is 0.387 e. The molecule has 0 aromatic heterocycles. The molecule has 1 rings (SSSR count). The fourth-order valence-corrected chi connectivity index (χ4v) is 2.79. The molecule has 0 heterocycles. The Morgan fingerprint density at radius 3 is 2.05 bits per heavy atom. The second kappa shape index (κ2) is 7.77. The summed E-state index contributed by atoms with van der Waals surface area (Å²) in [7, 11) is 4.18. The van der Waals surface area contributed by atoms with E-state index in [1.54, 1.807) is 0 Å². The number of aliphatic hydroxyl groups is 1. The van der Waals surface area contributed by atoms with Gasteiger partial charge in [0.25, 0.3) is 0 Å². The Labute approximate surface area is 124 Å². The molecule has 1 N–H and O–H groups in total. The van der Waals surface area contributed by atoms with E-state index in [2.05, 4.69) is 69.8 Å². The molecule has 0 fully saturated rings. The van der Waals surface area contributed by atoms with Crippen LogP contribution in [0.3, 0.4) is 0 Å². The molecule has 0 aliphatic carbocycles. The van der Waals surface area contributed by atoms with Crippen LogP contribution in [0.4, 0.5) is 0 Å². The third-order valence-electron chi connectivity index (χ3n) is 3.70. The highest BCUT2D eigenvalue weighted by Gasteiger charge is 2.18. The van der Waals surface area contributed by atoms with E-state index in [0.717, 1.165) is 18.7 Å². The van der Waals surface area contributed by atoms with Crippen LogP contribution in [0.25, 0.3) is 0 Å². The van der Waals surface area contributed by atoms with E-state index in [1.165, 1.54) is 11.1 Å². The molecular weight excluding hydrogens is 248 g/mol. The maximum atomic E-state index is 10.5. The van der Waals surface area contributed by atoms with E-state index in [9.17, 15) is 5.11 Å². The minimum absolute atomic E-state index is 0.418. The van der Waals surface area contributed by atoms with Crippen molar-refractivity contribution in [2.75, 3.05) is 33.7 Å². The maximum absolute atomic E-state index is 10.5. The molecule has 0 amide bonds. The van der Waals surface area contributed by atoms with E-state index in [4.69, 9.17) is 0 Å². The van der Waals surface area contributed by atoms with Crippen molar-refractivity contribution in [1.29, 1.82) is 0 Å². The van der Waals surface area contributed by atoms with Crippen LogP contribution in [-0.4, -0.2) is 54.7 Å². The number of nitrogens with zero attached hydrogens (tertiary/aromatic N) is 2. The fraction of sp³-hybridized carbons (Fsp3) is 0.647. The van der Waals surface area contributed by atoms with Gasteiger partial charge in [0, 0.05) is 19.1 Å².